The molecule has 1 rings (SSSR count). The molecule has 0 heterocycles. The van der Waals surface area contributed by atoms with Crippen molar-refractivity contribution in [1.82, 2.24) is 0 Å². The standard InChI is InChI=1S/C15H20O/c1-5-6-7-8-15(4,16)14-10-12(2)9-13(3)11-14/h9-11,16H,7-8H2,1-4H3. The minimum atomic E-state index is -0.777. The topological polar surface area (TPSA) is 20.2 Å². The quantitative estimate of drug-likeness (QED) is 0.768. The van der Waals surface area contributed by atoms with Crippen LogP contribution in [0.1, 0.15) is 43.4 Å². The van der Waals surface area contributed by atoms with Gasteiger partial charge in [0, 0.05) is 6.42 Å². The molecule has 0 aliphatic rings. The summed E-state index contributed by atoms with van der Waals surface area (Å²) in [7, 11) is 0. The van der Waals surface area contributed by atoms with Crippen molar-refractivity contribution in [1.29, 1.82) is 0 Å². The molecule has 1 nitrogen and oxygen atoms in total. The van der Waals surface area contributed by atoms with E-state index < -0.39 is 5.60 Å². The van der Waals surface area contributed by atoms with Gasteiger partial charge in [0.25, 0.3) is 0 Å². The number of aryl methyl sites for hydroxylation is 2. The Kier molecular flexibility index (Phi) is 4.15. The summed E-state index contributed by atoms with van der Waals surface area (Å²) in [6, 6.07) is 6.21. The third-order valence-electron chi connectivity index (χ3n) is 2.76. The molecule has 1 aromatic rings. The van der Waals surface area contributed by atoms with E-state index in [1.165, 1.54) is 11.1 Å². The van der Waals surface area contributed by atoms with Crippen LogP contribution in [0.15, 0.2) is 18.2 Å². The summed E-state index contributed by atoms with van der Waals surface area (Å²) in [5.74, 6) is 5.85. The fraction of sp³-hybridized carbons (Fsp3) is 0.467. The maximum Gasteiger partial charge on any atom is 0.0877 e. The molecule has 0 saturated heterocycles. The molecule has 0 bridgehead atoms. The van der Waals surface area contributed by atoms with Gasteiger partial charge in [-0.05, 0) is 39.7 Å². The Morgan fingerprint density at radius 2 is 1.75 bits per heavy atom. The van der Waals surface area contributed by atoms with Crippen molar-refractivity contribution >= 4 is 0 Å². The normalized spacial score (nSPS) is 13.8. The van der Waals surface area contributed by atoms with Crippen LogP contribution in [0.3, 0.4) is 0 Å². The van der Waals surface area contributed by atoms with Crippen molar-refractivity contribution in [2.24, 2.45) is 0 Å². The molecule has 0 aliphatic carbocycles. The zero-order valence-electron chi connectivity index (χ0n) is 10.6. The monoisotopic (exact) mass is 216 g/mol. The summed E-state index contributed by atoms with van der Waals surface area (Å²) in [6.45, 7) is 7.79. The summed E-state index contributed by atoms with van der Waals surface area (Å²) < 4.78 is 0. The molecule has 16 heavy (non-hydrogen) atoms. The van der Waals surface area contributed by atoms with E-state index in [0.29, 0.717) is 6.42 Å². The summed E-state index contributed by atoms with van der Waals surface area (Å²) >= 11 is 0. The van der Waals surface area contributed by atoms with E-state index in [2.05, 4.69) is 31.8 Å². The molecule has 1 aromatic carbocycles. The van der Waals surface area contributed by atoms with E-state index in [1.807, 2.05) is 26.0 Å². The van der Waals surface area contributed by atoms with E-state index in [1.54, 1.807) is 0 Å². The third-order valence-corrected chi connectivity index (χ3v) is 2.76. The van der Waals surface area contributed by atoms with Gasteiger partial charge >= 0.3 is 0 Å². The van der Waals surface area contributed by atoms with Crippen molar-refractivity contribution in [2.45, 2.75) is 46.1 Å². The second-order valence-electron chi connectivity index (χ2n) is 4.58. The van der Waals surface area contributed by atoms with Gasteiger partial charge < -0.3 is 5.11 Å². The molecule has 0 radical (unpaired) electrons. The minimum absolute atomic E-state index is 0.677. The van der Waals surface area contributed by atoms with Crippen molar-refractivity contribution in [3.8, 4) is 11.8 Å². The molecule has 0 amide bonds. The average Bonchev–Trinajstić information content (AvgIpc) is 2.16. The molecule has 1 atom stereocenters. The Morgan fingerprint density at radius 3 is 2.25 bits per heavy atom. The van der Waals surface area contributed by atoms with Crippen LogP contribution < -0.4 is 0 Å². The van der Waals surface area contributed by atoms with E-state index >= 15 is 0 Å². The van der Waals surface area contributed by atoms with Gasteiger partial charge in [-0.2, -0.15) is 0 Å². The number of hydrogen-bond donors (Lipinski definition) is 1. The van der Waals surface area contributed by atoms with Gasteiger partial charge in [0.2, 0.25) is 0 Å². The van der Waals surface area contributed by atoms with Gasteiger partial charge in [0.05, 0.1) is 5.60 Å². The highest BCUT2D eigenvalue weighted by molar-refractivity contribution is 5.32. The predicted molar refractivity (Wildman–Crippen MR) is 68.2 cm³/mol. The fourth-order valence-electron chi connectivity index (χ4n) is 1.86. The van der Waals surface area contributed by atoms with Crippen LogP contribution in [0.4, 0.5) is 0 Å². The Morgan fingerprint density at radius 1 is 1.19 bits per heavy atom. The van der Waals surface area contributed by atoms with E-state index in [9.17, 15) is 5.11 Å². The summed E-state index contributed by atoms with van der Waals surface area (Å²) in [5, 5.41) is 10.4. The molecule has 1 heteroatoms. The van der Waals surface area contributed by atoms with Crippen LogP contribution in [-0.4, -0.2) is 5.11 Å². The number of rotatable bonds is 3. The number of benzene rings is 1. The number of hydrogen-bond acceptors (Lipinski definition) is 1. The smallest absolute Gasteiger partial charge is 0.0877 e. The molecule has 0 aliphatic heterocycles. The van der Waals surface area contributed by atoms with Gasteiger partial charge in [-0.3, -0.25) is 0 Å². The molecule has 0 fully saturated rings. The van der Waals surface area contributed by atoms with Crippen LogP contribution in [-0.2, 0) is 5.60 Å². The lowest BCUT2D eigenvalue weighted by Crippen LogP contribution is -2.21. The van der Waals surface area contributed by atoms with Crippen LogP contribution in [0.25, 0.3) is 0 Å². The zero-order chi connectivity index (χ0) is 12.2. The minimum Gasteiger partial charge on any atom is -0.385 e. The first-order chi connectivity index (χ1) is 7.45. The van der Waals surface area contributed by atoms with Crippen molar-refractivity contribution in [2.75, 3.05) is 0 Å². The SMILES string of the molecule is CC#CCCC(C)(O)c1cc(C)cc(C)c1. The first-order valence-electron chi connectivity index (χ1n) is 5.66. The Labute approximate surface area is 98.5 Å². The van der Waals surface area contributed by atoms with Gasteiger partial charge in [-0.1, -0.05) is 29.3 Å². The van der Waals surface area contributed by atoms with Crippen LogP contribution in [0.2, 0.25) is 0 Å². The fourth-order valence-corrected chi connectivity index (χ4v) is 1.86. The summed E-state index contributed by atoms with van der Waals surface area (Å²) in [6.07, 6.45) is 1.41. The lowest BCUT2D eigenvalue weighted by molar-refractivity contribution is 0.0492. The Bertz CT molecular complexity index is 399. The van der Waals surface area contributed by atoms with Crippen molar-refractivity contribution in [3.63, 3.8) is 0 Å². The molecule has 86 valence electrons. The van der Waals surface area contributed by atoms with E-state index in [-0.39, 0.29) is 0 Å². The van der Waals surface area contributed by atoms with Crippen molar-refractivity contribution < 1.29 is 5.11 Å². The molecule has 1 unspecified atom stereocenters. The highest BCUT2D eigenvalue weighted by atomic mass is 16.3. The summed E-state index contributed by atoms with van der Waals surface area (Å²) in [5.41, 5.74) is 2.59. The highest BCUT2D eigenvalue weighted by Gasteiger charge is 2.22. The lowest BCUT2D eigenvalue weighted by atomic mass is 9.89. The molecule has 1 N–H and O–H groups in total. The third kappa shape index (κ3) is 3.40. The average molecular weight is 216 g/mol. The van der Waals surface area contributed by atoms with Gasteiger partial charge in [0.15, 0.2) is 0 Å². The Balaban J connectivity index is 2.90. The van der Waals surface area contributed by atoms with E-state index in [4.69, 9.17) is 0 Å². The predicted octanol–water partition coefficient (Wildman–Crippen LogP) is 3.31. The maximum absolute atomic E-state index is 10.4. The second kappa shape index (κ2) is 5.18. The van der Waals surface area contributed by atoms with Gasteiger partial charge in [-0.15, -0.1) is 11.8 Å². The van der Waals surface area contributed by atoms with Crippen LogP contribution >= 0.6 is 0 Å². The molecular formula is C15H20O. The second-order valence-corrected chi connectivity index (χ2v) is 4.58. The van der Waals surface area contributed by atoms with Gasteiger partial charge in [0.1, 0.15) is 0 Å². The Hall–Kier alpha value is -1.26. The first-order valence-corrected chi connectivity index (χ1v) is 5.66. The van der Waals surface area contributed by atoms with Gasteiger partial charge in [-0.25, -0.2) is 0 Å². The van der Waals surface area contributed by atoms with Crippen LogP contribution in [0.5, 0.6) is 0 Å². The molecule has 0 spiro atoms. The van der Waals surface area contributed by atoms with E-state index in [0.717, 1.165) is 12.0 Å². The van der Waals surface area contributed by atoms with Crippen LogP contribution in [0, 0.1) is 25.7 Å². The maximum atomic E-state index is 10.4. The molecule has 0 aromatic heterocycles. The first kappa shape index (κ1) is 12.8. The highest BCUT2D eigenvalue weighted by Crippen LogP contribution is 2.27. The van der Waals surface area contributed by atoms with Crippen molar-refractivity contribution in [3.05, 3.63) is 34.9 Å². The lowest BCUT2D eigenvalue weighted by Gasteiger charge is -2.24. The molecule has 0 saturated carbocycles. The summed E-state index contributed by atoms with van der Waals surface area (Å²) in [4.78, 5) is 0. The number of aliphatic hydroxyl groups is 1. The molecular weight excluding hydrogens is 196 g/mol. The largest absolute Gasteiger partial charge is 0.385 e. The zero-order valence-corrected chi connectivity index (χ0v) is 10.6.